The number of carboxylic acids is 1. The second kappa shape index (κ2) is 5.29. The summed E-state index contributed by atoms with van der Waals surface area (Å²) < 4.78 is 4.93. The van der Waals surface area contributed by atoms with Gasteiger partial charge in [0, 0.05) is 20.0 Å². The first-order valence-electron chi connectivity index (χ1n) is 4.89. The van der Waals surface area contributed by atoms with Gasteiger partial charge in [-0.1, -0.05) is 0 Å². The molecule has 0 spiro atoms. The molecule has 0 unspecified atom stereocenters. The van der Waals surface area contributed by atoms with Gasteiger partial charge < -0.3 is 14.4 Å². The molecule has 0 saturated carbocycles. The number of rotatable bonds is 5. The zero-order chi connectivity index (χ0) is 12.1. The molecule has 1 heterocycles. The molecule has 1 aromatic rings. The Hall–Kier alpha value is -1.85. The van der Waals surface area contributed by atoms with Crippen molar-refractivity contribution >= 4 is 11.9 Å². The van der Waals surface area contributed by atoms with Crippen LogP contribution in [0.3, 0.4) is 0 Å². The summed E-state index contributed by atoms with van der Waals surface area (Å²) in [5.74, 6) is -0.648. The van der Waals surface area contributed by atoms with Crippen molar-refractivity contribution in [2.24, 2.45) is 0 Å². The van der Waals surface area contributed by atoms with Crippen LogP contribution in [0.1, 0.15) is 29.1 Å². The number of aryl methyl sites for hydroxylation is 1. The third-order valence-electron chi connectivity index (χ3n) is 2.18. The molecular weight excluding hydrogens is 212 g/mol. The molecule has 0 aliphatic rings. The minimum absolute atomic E-state index is 0.0510. The fraction of sp³-hybridized carbons (Fsp3) is 0.500. The first-order chi connectivity index (χ1) is 7.52. The zero-order valence-electron chi connectivity index (χ0n) is 9.27. The lowest BCUT2D eigenvalue weighted by molar-refractivity contribution is -0.137. The lowest BCUT2D eigenvalue weighted by atomic mass is 10.2. The molecule has 6 nitrogen and oxygen atoms in total. The van der Waals surface area contributed by atoms with Gasteiger partial charge in [-0.05, 0) is 13.3 Å². The topological polar surface area (TPSA) is 83.6 Å². The van der Waals surface area contributed by atoms with Gasteiger partial charge in [0.05, 0.1) is 0 Å². The van der Waals surface area contributed by atoms with Gasteiger partial charge in [-0.25, -0.2) is 4.98 Å². The van der Waals surface area contributed by atoms with E-state index in [1.807, 2.05) is 0 Å². The number of amides is 1. The number of aromatic nitrogens is 1. The average Bonchev–Trinajstić information content (AvgIpc) is 2.62. The average molecular weight is 226 g/mol. The summed E-state index contributed by atoms with van der Waals surface area (Å²) in [5, 5.41) is 8.46. The Labute approximate surface area is 92.9 Å². The predicted molar refractivity (Wildman–Crippen MR) is 55.1 cm³/mol. The Bertz CT molecular complexity index is 386. The van der Waals surface area contributed by atoms with Crippen molar-refractivity contribution in [1.82, 2.24) is 9.88 Å². The Morgan fingerprint density at radius 3 is 2.75 bits per heavy atom. The number of carboxylic acid groups (broad SMARTS) is 1. The van der Waals surface area contributed by atoms with Crippen LogP contribution in [0.5, 0.6) is 0 Å². The van der Waals surface area contributed by atoms with E-state index in [1.165, 1.54) is 11.3 Å². The van der Waals surface area contributed by atoms with E-state index < -0.39 is 5.97 Å². The molecule has 0 atom stereocenters. The SMILES string of the molecule is Cc1ocnc1C(=O)N(C)CCCC(=O)O. The van der Waals surface area contributed by atoms with Crippen molar-refractivity contribution in [3.8, 4) is 0 Å². The van der Waals surface area contributed by atoms with E-state index in [1.54, 1.807) is 14.0 Å². The molecule has 0 aliphatic heterocycles. The summed E-state index contributed by atoms with van der Waals surface area (Å²) in [7, 11) is 1.61. The summed E-state index contributed by atoms with van der Waals surface area (Å²) in [4.78, 5) is 27.3. The van der Waals surface area contributed by atoms with Crippen LogP contribution in [0.15, 0.2) is 10.8 Å². The summed E-state index contributed by atoms with van der Waals surface area (Å²) >= 11 is 0. The normalized spacial score (nSPS) is 10.1. The van der Waals surface area contributed by atoms with Crippen LogP contribution < -0.4 is 0 Å². The van der Waals surface area contributed by atoms with Gasteiger partial charge in [-0.2, -0.15) is 0 Å². The van der Waals surface area contributed by atoms with Crippen molar-refractivity contribution in [1.29, 1.82) is 0 Å². The minimum Gasteiger partial charge on any atom is -0.481 e. The van der Waals surface area contributed by atoms with E-state index >= 15 is 0 Å². The van der Waals surface area contributed by atoms with Crippen molar-refractivity contribution in [3.05, 3.63) is 17.8 Å². The first-order valence-corrected chi connectivity index (χ1v) is 4.89. The maximum absolute atomic E-state index is 11.8. The Morgan fingerprint density at radius 2 is 2.25 bits per heavy atom. The number of aliphatic carboxylic acids is 1. The number of nitrogens with zero attached hydrogens (tertiary/aromatic N) is 2. The molecule has 1 N–H and O–H groups in total. The Balaban J connectivity index is 2.49. The van der Waals surface area contributed by atoms with Gasteiger partial charge in [0.25, 0.3) is 5.91 Å². The number of hydrogen-bond acceptors (Lipinski definition) is 4. The molecule has 1 amide bonds. The fourth-order valence-electron chi connectivity index (χ4n) is 1.26. The predicted octanol–water partition coefficient (Wildman–Crippen LogP) is 0.920. The van der Waals surface area contributed by atoms with Crippen molar-refractivity contribution < 1.29 is 19.1 Å². The standard InChI is InChI=1S/C10H14N2O4/c1-7-9(11-6-16-7)10(15)12(2)5-3-4-8(13)14/h6H,3-5H2,1-2H3,(H,13,14). The lowest BCUT2D eigenvalue weighted by Crippen LogP contribution is -2.28. The van der Waals surface area contributed by atoms with Crippen LogP contribution in [-0.4, -0.2) is 40.5 Å². The molecule has 0 bridgehead atoms. The largest absolute Gasteiger partial charge is 0.481 e. The van der Waals surface area contributed by atoms with E-state index in [0.29, 0.717) is 18.7 Å². The molecule has 1 aromatic heterocycles. The Kier molecular flexibility index (Phi) is 4.04. The number of carbonyl (C=O) groups excluding carboxylic acids is 1. The molecule has 0 saturated heterocycles. The van der Waals surface area contributed by atoms with Crippen LogP contribution in [0.4, 0.5) is 0 Å². The Morgan fingerprint density at radius 1 is 1.56 bits per heavy atom. The van der Waals surface area contributed by atoms with Crippen molar-refractivity contribution in [2.45, 2.75) is 19.8 Å². The maximum atomic E-state index is 11.8. The summed E-state index contributed by atoms with van der Waals surface area (Å²) in [5.41, 5.74) is 0.276. The molecule has 1 rings (SSSR count). The second-order valence-corrected chi connectivity index (χ2v) is 3.48. The van der Waals surface area contributed by atoms with Gasteiger partial charge in [0.2, 0.25) is 0 Å². The molecular formula is C10H14N2O4. The van der Waals surface area contributed by atoms with E-state index in [0.717, 1.165) is 0 Å². The van der Waals surface area contributed by atoms with Gasteiger partial charge in [-0.15, -0.1) is 0 Å². The highest BCUT2D eigenvalue weighted by molar-refractivity contribution is 5.92. The van der Waals surface area contributed by atoms with Crippen LogP contribution in [0.2, 0.25) is 0 Å². The monoisotopic (exact) mass is 226 g/mol. The molecule has 16 heavy (non-hydrogen) atoms. The minimum atomic E-state index is -0.863. The third kappa shape index (κ3) is 3.08. The first kappa shape index (κ1) is 12.2. The fourth-order valence-corrected chi connectivity index (χ4v) is 1.26. The van der Waals surface area contributed by atoms with Crippen molar-refractivity contribution in [2.75, 3.05) is 13.6 Å². The van der Waals surface area contributed by atoms with Crippen LogP contribution in [-0.2, 0) is 4.79 Å². The highest BCUT2D eigenvalue weighted by Crippen LogP contribution is 2.08. The molecule has 0 aromatic carbocycles. The maximum Gasteiger partial charge on any atom is 0.303 e. The lowest BCUT2D eigenvalue weighted by Gasteiger charge is -2.15. The number of carbonyl (C=O) groups is 2. The van der Waals surface area contributed by atoms with Gasteiger partial charge in [0.1, 0.15) is 5.76 Å². The van der Waals surface area contributed by atoms with E-state index in [-0.39, 0.29) is 18.0 Å². The molecule has 0 radical (unpaired) electrons. The van der Waals surface area contributed by atoms with Gasteiger partial charge >= 0.3 is 5.97 Å². The van der Waals surface area contributed by atoms with Crippen LogP contribution in [0, 0.1) is 6.92 Å². The molecule has 6 heteroatoms. The summed E-state index contributed by atoms with van der Waals surface area (Å²) in [6, 6.07) is 0. The third-order valence-corrected chi connectivity index (χ3v) is 2.18. The molecule has 0 fully saturated rings. The quantitative estimate of drug-likeness (QED) is 0.807. The van der Waals surface area contributed by atoms with E-state index in [4.69, 9.17) is 9.52 Å². The smallest absolute Gasteiger partial charge is 0.303 e. The van der Waals surface area contributed by atoms with E-state index in [9.17, 15) is 9.59 Å². The summed E-state index contributed by atoms with van der Waals surface area (Å²) in [6.07, 6.45) is 1.69. The summed E-state index contributed by atoms with van der Waals surface area (Å²) in [6.45, 7) is 2.04. The highest BCUT2D eigenvalue weighted by atomic mass is 16.4. The number of oxazole rings is 1. The van der Waals surface area contributed by atoms with Crippen molar-refractivity contribution in [3.63, 3.8) is 0 Å². The van der Waals surface area contributed by atoms with Gasteiger partial charge in [0.15, 0.2) is 12.1 Å². The van der Waals surface area contributed by atoms with E-state index in [2.05, 4.69) is 4.98 Å². The van der Waals surface area contributed by atoms with Crippen LogP contribution in [0.25, 0.3) is 0 Å². The second-order valence-electron chi connectivity index (χ2n) is 3.48. The zero-order valence-corrected chi connectivity index (χ0v) is 9.27. The van der Waals surface area contributed by atoms with Crippen LogP contribution >= 0.6 is 0 Å². The number of hydrogen-bond donors (Lipinski definition) is 1. The van der Waals surface area contributed by atoms with Gasteiger partial charge in [-0.3, -0.25) is 9.59 Å². The molecule has 0 aliphatic carbocycles. The molecule has 88 valence electrons. The highest BCUT2D eigenvalue weighted by Gasteiger charge is 2.17.